The van der Waals surface area contributed by atoms with Gasteiger partial charge in [0.05, 0.1) is 0 Å². The Bertz CT molecular complexity index is 381. The Hall–Kier alpha value is -1.27. The zero-order chi connectivity index (χ0) is 8.55. The fourth-order valence-electron chi connectivity index (χ4n) is 0.901. The van der Waals surface area contributed by atoms with E-state index in [9.17, 15) is 0 Å². The molecule has 2 N–H and O–H groups in total. The predicted molar refractivity (Wildman–Crippen MR) is 56.5 cm³/mol. The third-order valence-corrected chi connectivity index (χ3v) is 1.56. The average Bonchev–Trinajstić information content (AvgIpc) is 2.64. The van der Waals surface area contributed by atoms with E-state index >= 15 is 0 Å². The van der Waals surface area contributed by atoms with Crippen LogP contribution in [0, 0.1) is 6.92 Å². The summed E-state index contributed by atoms with van der Waals surface area (Å²) >= 11 is 0. The van der Waals surface area contributed by atoms with E-state index in [1.165, 1.54) is 4.68 Å². The third-order valence-electron chi connectivity index (χ3n) is 1.56. The van der Waals surface area contributed by atoms with Gasteiger partial charge in [-0.1, -0.05) is 0 Å². The Morgan fingerprint density at radius 1 is 1.29 bits per heavy atom. The van der Waals surface area contributed by atoms with Crippen molar-refractivity contribution in [1.82, 2.24) is 24.7 Å². The highest BCUT2D eigenvalue weighted by Crippen LogP contribution is 2.00. The maximum atomic E-state index is 5.62. The van der Waals surface area contributed by atoms with Crippen molar-refractivity contribution in [2.24, 2.45) is 0 Å². The minimum Gasteiger partial charge on any atom is -0.335 e. The third kappa shape index (κ3) is 1.97. The van der Waals surface area contributed by atoms with Crippen LogP contribution in [-0.2, 0) is 0 Å². The summed E-state index contributed by atoms with van der Waals surface area (Å²) in [4.78, 5) is 0. The van der Waals surface area contributed by atoms with E-state index in [1.807, 2.05) is 0 Å². The Morgan fingerprint density at radius 3 is 2.43 bits per heavy atom. The first-order valence-electron chi connectivity index (χ1n) is 3.46. The molecule has 0 saturated carbocycles. The predicted octanol–water partition coefficient (Wildman–Crippen LogP) is 0.330. The van der Waals surface area contributed by atoms with E-state index in [-0.39, 0.29) is 24.8 Å². The molecule has 6 nitrogen and oxygen atoms in total. The minimum absolute atomic E-state index is 0. The van der Waals surface area contributed by atoms with Crippen LogP contribution in [0.5, 0.6) is 0 Å². The van der Waals surface area contributed by atoms with Gasteiger partial charge in [-0.05, 0) is 13.0 Å². The minimum atomic E-state index is 0. The Morgan fingerprint density at radius 2 is 2.00 bits per heavy atom. The zero-order valence-corrected chi connectivity index (χ0v) is 8.99. The van der Waals surface area contributed by atoms with Crippen molar-refractivity contribution in [3.8, 4) is 5.95 Å². The lowest BCUT2D eigenvalue weighted by Gasteiger charge is -1.98. The lowest BCUT2D eigenvalue weighted by Crippen LogP contribution is -2.16. The number of aromatic nitrogens is 5. The Kier molecular flexibility index (Phi) is 4.39. The normalized spacial score (nSPS) is 8.93. The quantitative estimate of drug-likeness (QED) is 0.725. The standard InChI is InChI=1S/C6H8N6.2ClH/c1-5-9-10-6(12(5)7)11-4-2-3-8-11;;/h2-4H,7H2,1H3;2*1H. The molecule has 0 fully saturated rings. The topological polar surface area (TPSA) is 74.5 Å². The van der Waals surface area contributed by atoms with E-state index in [1.54, 1.807) is 30.1 Å². The van der Waals surface area contributed by atoms with E-state index in [2.05, 4.69) is 15.3 Å². The first-order valence-corrected chi connectivity index (χ1v) is 3.46. The molecule has 2 aromatic rings. The molecule has 0 saturated heterocycles. The first-order chi connectivity index (χ1) is 5.79. The molecule has 8 heteroatoms. The van der Waals surface area contributed by atoms with E-state index < -0.39 is 0 Å². The van der Waals surface area contributed by atoms with Crippen LogP contribution in [0.2, 0.25) is 0 Å². The summed E-state index contributed by atoms with van der Waals surface area (Å²) in [5.41, 5.74) is 0. The average molecular weight is 237 g/mol. The van der Waals surface area contributed by atoms with Gasteiger partial charge in [-0.2, -0.15) is 5.10 Å². The van der Waals surface area contributed by atoms with Crippen LogP contribution in [-0.4, -0.2) is 24.7 Å². The van der Waals surface area contributed by atoms with Gasteiger partial charge < -0.3 is 5.84 Å². The second-order valence-electron chi connectivity index (χ2n) is 2.37. The molecule has 0 bridgehead atoms. The molecular weight excluding hydrogens is 227 g/mol. The largest absolute Gasteiger partial charge is 0.335 e. The van der Waals surface area contributed by atoms with Crippen molar-refractivity contribution in [3.05, 3.63) is 24.3 Å². The lowest BCUT2D eigenvalue weighted by molar-refractivity contribution is 0.765. The summed E-state index contributed by atoms with van der Waals surface area (Å²) in [7, 11) is 0. The van der Waals surface area contributed by atoms with Crippen molar-refractivity contribution in [2.75, 3.05) is 5.84 Å². The second-order valence-corrected chi connectivity index (χ2v) is 2.37. The first kappa shape index (κ1) is 12.7. The molecule has 2 aromatic heterocycles. The molecule has 14 heavy (non-hydrogen) atoms. The van der Waals surface area contributed by atoms with Gasteiger partial charge in [-0.25, -0.2) is 9.36 Å². The van der Waals surface area contributed by atoms with E-state index in [0.717, 1.165) is 0 Å². The van der Waals surface area contributed by atoms with Gasteiger partial charge >= 0.3 is 0 Å². The van der Waals surface area contributed by atoms with Crippen molar-refractivity contribution in [2.45, 2.75) is 6.92 Å². The second kappa shape index (κ2) is 4.83. The Balaban J connectivity index is 0.000000845. The number of hydrogen-bond donors (Lipinski definition) is 1. The summed E-state index contributed by atoms with van der Waals surface area (Å²) < 4.78 is 2.94. The highest BCUT2D eigenvalue weighted by atomic mass is 35.5. The van der Waals surface area contributed by atoms with Gasteiger partial charge in [-0.15, -0.1) is 35.0 Å². The van der Waals surface area contributed by atoms with Gasteiger partial charge in [0.1, 0.15) is 0 Å². The monoisotopic (exact) mass is 236 g/mol. The van der Waals surface area contributed by atoms with Crippen LogP contribution in [0.25, 0.3) is 5.95 Å². The molecule has 0 radical (unpaired) electrons. The smallest absolute Gasteiger partial charge is 0.270 e. The summed E-state index contributed by atoms with van der Waals surface area (Å²) in [6.07, 6.45) is 3.41. The molecule has 0 unspecified atom stereocenters. The maximum Gasteiger partial charge on any atom is 0.270 e. The highest BCUT2D eigenvalue weighted by molar-refractivity contribution is 5.85. The molecule has 0 amide bonds. The van der Waals surface area contributed by atoms with Crippen molar-refractivity contribution < 1.29 is 0 Å². The zero-order valence-electron chi connectivity index (χ0n) is 7.36. The number of hydrogen-bond acceptors (Lipinski definition) is 4. The summed E-state index contributed by atoms with van der Waals surface area (Å²) in [6.45, 7) is 1.78. The van der Waals surface area contributed by atoms with Crippen molar-refractivity contribution in [3.63, 3.8) is 0 Å². The van der Waals surface area contributed by atoms with Gasteiger partial charge in [0, 0.05) is 12.4 Å². The van der Waals surface area contributed by atoms with Gasteiger partial charge in [0.25, 0.3) is 5.95 Å². The molecule has 0 aromatic carbocycles. The van der Waals surface area contributed by atoms with Gasteiger partial charge in [0.15, 0.2) is 5.82 Å². The number of rotatable bonds is 1. The molecule has 0 aliphatic carbocycles. The van der Waals surface area contributed by atoms with Crippen LogP contribution in [0.15, 0.2) is 18.5 Å². The fourth-order valence-corrected chi connectivity index (χ4v) is 0.901. The maximum absolute atomic E-state index is 5.62. The number of nitrogens with two attached hydrogens (primary N) is 1. The van der Waals surface area contributed by atoms with Gasteiger partial charge in [0.2, 0.25) is 0 Å². The molecule has 78 valence electrons. The fraction of sp³-hybridized carbons (Fsp3) is 0.167. The lowest BCUT2D eigenvalue weighted by atomic mass is 10.7. The van der Waals surface area contributed by atoms with Crippen molar-refractivity contribution in [1.29, 1.82) is 0 Å². The molecule has 0 aliphatic rings. The number of aryl methyl sites for hydroxylation is 1. The number of halogens is 2. The van der Waals surface area contributed by atoms with E-state index in [4.69, 9.17) is 5.84 Å². The SMILES string of the molecule is Cc1nnc(-n2cccn2)n1N.Cl.Cl. The number of nitrogens with zero attached hydrogens (tertiary/aromatic N) is 5. The van der Waals surface area contributed by atoms with Crippen LogP contribution in [0.4, 0.5) is 0 Å². The summed E-state index contributed by atoms with van der Waals surface area (Å²) in [5.74, 6) is 6.79. The molecular formula is C6H10Cl2N6. The van der Waals surface area contributed by atoms with Crippen molar-refractivity contribution >= 4 is 24.8 Å². The molecule has 2 heterocycles. The molecule has 2 rings (SSSR count). The van der Waals surface area contributed by atoms with Crippen LogP contribution in [0.1, 0.15) is 5.82 Å². The Labute approximate surface area is 92.9 Å². The molecule has 0 spiro atoms. The molecule has 0 aliphatic heterocycles. The van der Waals surface area contributed by atoms with Gasteiger partial charge in [-0.3, -0.25) is 0 Å². The van der Waals surface area contributed by atoms with Crippen LogP contribution < -0.4 is 5.84 Å². The highest BCUT2D eigenvalue weighted by Gasteiger charge is 2.06. The van der Waals surface area contributed by atoms with E-state index in [0.29, 0.717) is 11.8 Å². The molecule has 0 atom stereocenters. The summed E-state index contributed by atoms with van der Waals surface area (Å²) in [6, 6.07) is 1.80. The summed E-state index contributed by atoms with van der Waals surface area (Å²) in [5, 5.41) is 11.6. The van der Waals surface area contributed by atoms with Crippen LogP contribution in [0.3, 0.4) is 0 Å². The number of nitrogen functional groups attached to an aromatic ring is 1. The van der Waals surface area contributed by atoms with Crippen LogP contribution >= 0.6 is 24.8 Å².